The van der Waals surface area contributed by atoms with Gasteiger partial charge in [-0.2, -0.15) is 0 Å². The van der Waals surface area contributed by atoms with Crippen LogP contribution in [0, 0.1) is 30.6 Å². The van der Waals surface area contributed by atoms with Gasteiger partial charge in [0.05, 0.1) is 17.8 Å². The lowest BCUT2D eigenvalue weighted by atomic mass is 9.54. The van der Waals surface area contributed by atoms with E-state index in [0.717, 1.165) is 29.4 Å². The first kappa shape index (κ1) is 12.8. The highest BCUT2D eigenvalue weighted by Gasteiger charge is 2.49. The molecule has 4 heteroatoms. The molecule has 4 aliphatic rings. The topological polar surface area (TPSA) is 42.7 Å². The minimum Gasteiger partial charge on any atom is -0.312 e. The molecule has 5 rings (SSSR count). The van der Waals surface area contributed by atoms with Crippen molar-refractivity contribution in [3.05, 3.63) is 11.4 Å². The van der Waals surface area contributed by atoms with E-state index >= 15 is 0 Å². The molecule has 0 aliphatic heterocycles. The zero-order chi connectivity index (χ0) is 13.9. The van der Waals surface area contributed by atoms with Crippen LogP contribution < -0.4 is 5.32 Å². The van der Waals surface area contributed by atoms with Gasteiger partial charge in [0.15, 0.2) is 0 Å². The Balaban J connectivity index is 1.66. The fraction of sp³-hybridized carbons (Fsp3) is 0.875. The van der Waals surface area contributed by atoms with Crippen LogP contribution in [0.2, 0.25) is 0 Å². The number of rotatable bonds is 3. The molecule has 4 bridgehead atoms. The van der Waals surface area contributed by atoms with Gasteiger partial charge in [-0.15, -0.1) is 5.10 Å². The summed E-state index contributed by atoms with van der Waals surface area (Å²) in [6.07, 6.45) is 7.27. The first-order chi connectivity index (χ1) is 9.67. The quantitative estimate of drug-likeness (QED) is 0.921. The molecule has 0 aromatic carbocycles. The summed E-state index contributed by atoms with van der Waals surface area (Å²) in [6, 6.07) is 0.925. The monoisotopic (exact) mass is 274 g/mol. The predicted octanol–water partition coefficient (Wildman–Crippen LogP) is 2.86. The van der Waals surface area contributed by atoms with Gasteiger partial charge in [-0.05, 0) is 76.7 Å². The van der Waals surface area contributed by atoms with E-state index in [-0.39, 0.29) is 0 Å². The third kappa shape index (κ3) is 1.77. The van der Waals surface area contributed by atoms with Gasteiger partial charge in [0.2, 0.25) is 0 Å². The molecule has 0 saturated heterocycles. The SMILES string of the molecule is CNC(C)c1nnn(C2C3CC4CC(C3)CC2C4)c1C. The van der Waals surface area contributed by atoms with Gasteiger partial charge in [-0.1, -0.05) is 5.21 Å². The van der Waals surface area contributed by atoms with Crippen LogP contribution in [-0.4, -0.2) is 22.0 Å². The van der Waals surface area contributed by atoms with Crippen LogP contribution in [0.3, 0.4) is 0 Å². The Morgan fingerprint density at radius 1 is 1.10 bits per heavy atom. The highest BCUT2D eigenvalue weighted by Crippen LogP contribution is 2.58. The molecule has 4 fully saturated rings. The van der Waals surface area contributed by atoms with Crippen molar-refractivity contribution in [2.75, 3.05) is 7.05 Å². The van der Waals surface area contributed by atoms with E-state index in [1.165, 1.54) is 37.8 Å². The van der Waals surface area contributed by atoms with Gasteiger partial charge < -0.3 is 5.32 Å². The number of nitrogens with zero attached hydrogens (tertiary/aromatic N) is 3. The third-order valence-corrected chi connectivity index (χ3v) is 6.27. The van der Waals surface area contributed by atoms with E-state index in [9.17, 15) is 0 Å². The van der Waals surface area contributed by atoms with Crippen LogP contribution >= 0.6 is 0 Å². The van der Waals surface area contributed by atoms with Crippen LogP contribution in [-0.2, 0) is 0 Å². The third-order valence-electron chi connectivity index (χ3n) is 6.27. The fourth-order valence-electron chi connectivity index (χ4n) is 5.47. The maximum atomic E-state index is 4.56. The van der Waals surface area contributed by atoms with Gasteiger partial charge in [-0.25, -0.2) is 4.68 Å². The van der Waals surface area contributed by atoms with E-state index in [2.05, 4.69) is 34.2 Å². The van der Waals surface area contributed by atoms with Crippen molar-refractivity contribution in [3.8, 4) is 0 Å². The average molecular weight is 274 g/mol. The summed E-state index contributed by atoms with van der Waals surface area (Å²) in [5.41, 5.74) is 2.41. The van der Waals surface area contributed by atoms with E-state index in [1.54, 1.807) is 0 Å². The Kier molecular flexibility index (Phi) is 2.92. The van der Waals surface area contributed by atoms with E-state index in [1.807, 2.05) is 7.05 Å². The number of hydrogen-bond acceptors (Lipinski definition) is 3. The van der Waals surface area contributed by atoms with Gasteiger partial charge in [0.1, 0.15) is 5.69 Å². The molecular weight excluding hydrogens is 248 g/mol. The second-order valence-electron chi connectivity index (χ2n) is 7.44. The zero-order valence-corrected chi connectivity index (χ0v) is 12.8. The Morgan fingerprint density at radius 2 is 1.70 bits per heavy atom. The lowest BCUT2D eigenvalue weighted by Gasteiger charge is -2.54. The Hall–Kier alpha value is -0.900. The average Bonchev–Trinajstić information content (AvgIpc) is 2.79. The minimum absolute atomic E-state index is 0.292. The highest BCUT2D eigenvalue weighted by molar-refractivity contribution is 5.14. The Bertz CT molecular complexity index is 479. The van der Waals surface area contributed by atoms with Crippen LogP contribution in [0.4, 0.5) is 0 Å². The molecule has 20 heavy (non-hydrogen) atoms. The second kappa shape index (κ2) is 4.55. The van der Waals surface area contributed by atoms with Crippen molar-refractivity contribution in [2.24, 2.45) is 23.7 Å². The normalized spacial score (nSPS) is 40.2. The maximum absolute atomic E-state index is 4.56. The van der Waals surface area contributed by atoms with Gasteiger partial charge >= 0.3 is 0 Å². The lowest BCUT2D eigenvalue weighted by molar-refractivity contribution is -0.0350. The summed E-state index contributed by atoms with van der Waals surface area (Å²) in [5.74, 6) is 3.77. The zero-order valence-electron chi connectivity index (χ0n) is 12.8. The second-order valence-corrected chi connectivity index (χ2v) is 7.44. The molecule has 1 N–H and O–H groups in total. The van der Waals surface area contributed by atoms with Crippen LogP contribution in [0.15, 0.2) is 0 Å². The molecule has 1 aromatic heterocycles. The number of hydrogen-bond donors (Lipinski definition) is 1. The molecule has 0 amide bonds. The summed E-state index contributed by atoms with van der Waals surface area (Å²) < 4.78 is 2.29. The maximum Gasteiger partial charge on any atom is 0.102 e. The van der Waals surface area contributed by atoms with Crippen LogP contribution in [0.25, 0.3) is 0 Å². The molecule has 1 unspecified atom stereocenters. The van der Waals surface area contributed by atoms with Crippen LogP contribution in [0.1, 0.15) is 62.5 Å². The van der Waals surface area contributed by atoms with Crippen molar-refractivity contribution in [3.63, 3.8) is 0 Å². The standard InChI is InChI=1S/C16H26N4/c1-9(17-3)15-10(2)20(19-18-15)16-13-5-11-4-12(7-13)8-14(16)6-11/h9,11-14,16-17H,4-8H2,1-3H3. The Labute approximate surface area is 121 Å². The van der Waals surface area contributed by atoms with Crippen molar-refractivity contribution < 1.29 is 0 Å². The molecule has 0 spiro atoms. The molecule has 110 valence electrons. The van der Waals surface area contributed by atoms with Crippen LogP contribution in [0.5, 0.6) is 0 Å². The number of aromatic nitrogens is 3. The molecule has 1 aromatic rings. The summed E-state index contributed by atoms with van der Waals surface area (Å²) in [5, 5.41) is 12.3. The molecule has 4 saturated carbocycles. The molecular formula is C16H26N4. The summed E-state index contributed by atoms with van der Waals surface area (Å²) in [4.78, 5) is 0. The molecule has 0 radical (unpaired) electrons. The number of nitrogens with one attached hydrogen (secondary N) is 1. The molecule has 1 atom stereocenters. The van der Waals surface area contributed by atoms with Gasteiger partial charge in [-0.3, -0.25) is 0 Å². The smallest absolute Gasteiger partial charge is 0.102 e. The van der Waals surface area contributed by atoms with Gasteiger partial charge in [0, 0.05) is 0 Å². The summed E-state index contributed by atoms with van der Waals surface area (Å²) >= 11 is 0. The summed E-state index contributed by atoms with van der Waals surface area (Å²) in [6.45, 7) is 4.37. The van der Waals surface area contributed by atoms with Crippen molar-refractivity contribution in [1.82, 2.24) is 20.3 Å². The van der Waals surface area contributed by atoms with Crippen molar-refractivity contribution in [2.45, 2.75) is 58.0 Å². The van der Waals surface area contributed by atoms with Gasteiger partial charge in [0.25, 0.3) is 0 Å². The van der Waals surface area contributed by atoms with E-state index in [4.69, 9.17) is 0 Å². The first-order valence-electron chi connectivity index (χ1n) is 8.26. The highest BCUT2D eigenvalue weighted by atomic mass is 15.5. The largest absolute Gasteiger partial charge is 0.312 e. The van der Waals surface area contributed by atoms with Crippen molar-refractivity contribution >= 4 is 0 Å². The molecule has 4 aliphatic carbocycles. The van der Waals surface area contributed by atoms with Crippen molar-refractivity contribution in [1.29, 1.82) is 0 Å². The van der Waals surface area contributed by atoms with E-state index < -0.39 is 0 Å². The lowest BCUT2D eigenvalue weighted by Crippen LogP contribution is -2.46. The predicted molar refractivity (Wildman–Crippen MR) is 78.3 cm³/mol. The van der Waals surface area contributed by atoms with E-state index in [0.29, 0.717) is 12.1 Å². The fourth-order valence-corrected chi connectivity index (χ4v) is 5.47. The summed E-state index contributed by atoms with van der Waals surface area (Å²) in [7, 11) is 1.99. The Morgan fingerprint density at radius 3 is 2.25 bits per heavy atom. The first-order valence-corrected chi connectivity index (χ1v) is 8.26. The molecule has 4 nitrogen and oxygen atoms in total. The molecule has 1 heterocycles. The minimum atomic E-state index is 0.292.